The van der Waals surface area contributed by atoms with Gasteiger partial charge in [0.2, 0.25) is 5.91 Å². The quantitative estimate of drug-likeness (QED) is 0.695. The fourth-order valence-corrected chi connectivity index (χ4v) is 2.88. The van der Waals surface area contributed by atoms with Crippen LogP contribution in [0.5, 0.6) is 0 Å². The number of rotatable bonds is 3. The van der Waals surface area contributed by atoms with Gasteiger partial charge in [0.25, 0.3) is 0 Å². The van der Waals surface area contributed by atoms with Crippen LogP contribution < -0.4 is 5.73 Å². The van der Waals surface area contributed by atoms with Gasteiger partial charge in [-0.25, -0.2) is 4.79 Å². The Bertz CT molecular complexity index is 428. The largest absolute Gasteiger partial charge is 0.480 e. The fourth-order valence-electron chi connectivity index (χ4n) is 2.88. The second kappa shape index (κ2) is 6.75. The van der Waals surface area contributed by atoms with Gasteiger partial charge in [-0.3, -0.25) is 14.5 Å². The lowest BCUT2D eigenvalue weighted by Gasteiger charge is -2.27. The number of carbonyl (C=O) groups excluding carboxylic acids is 2. The summed E-state index contributed by atoms with van der Waals surface area (Å²) in [5.74, 6) is -1.45. The Balaban J connectivity index is 1.86. The zero-order valence-electron chi connectivity index (χ0n) is 12.0. The van der Waals surface area contributed by atoms with E-state index in [4.69, 9.17) is 10.8 Å². The van der Waals surface area contributed by atoms with Gasteiger partial charge in [0.1, 0.15) is 0 Å². The summed E-state index contributed by atoms with van der Waals surface area (Å²) >= 11 is 0. The van der Waals surface area contributed by atoms with Crippen molar-refractivity contribution < 1.29 is 19.5 Å². The number of likely N-dealkylation sites (tertiary alicyclic amines) is 1. The lowest BCUT2D eigenvalue weighted by molar-refractivity contribution is -0.138. The first-order valence-electron chi connectivity index (χ1n) is 7.24. The molecule has 0 radical (unpaired) electrons. The molecule has 0 bridgehead atoms. The van der Waals surface area contributed by atoms with E-state index in [1.807, 2.05) is 4.90 Å². The minimum atomic E-state index is -0.849. The highest BCUT2D eigenvalue weighted by atomic mass is 16.4. The van der Waals surface area contributed by atoms with E-state index >= 15 is 0 Å². The summed E-state index contributed by atoms with van der Waals surface area (Å²) in [6.07, 6.45) is 1.38. The van der Waals surface area contributed by atoms with E-state index < -0.39 is 5.97 Å². The lowest BCUT2D eigenvalue weighted by Crippen LogP contribution is -2.44. The van der Waals surface area contributed by atoms with E-state index in [1.54, 1.807) is 9.80 Å². The van der Waals surface area contributed by atoms with Gasteiger partial charge in [-0.1, -0.05) is 0 Å². The fraction of sp³-hybridized carbons (Fsp3) is 0.769. The Morgan fingerprint density at radius 3 is 2.43 bits per heavy atom. The summed E-state index contributed by atoms with van der Waals surface area (Å²) in [6, 6.07) is -0.0732. The predicted octanol–water partition coefficient (Wildman–Crippen LogP) is -0.994. The van der Waals surface area contributed by atoms with E-state index in [0.717, 1.165) is 6.42 Å². The predicted molar refractivity (Wildman–Crippen MR) is 74.5 cm³/mol. The molecule has 0 spiro atoms. The topological polar surface area (TPSA) is 107 Å². The highest BCUT2D eigenvalue weighted by Gasteiger charge is 2.32. The molecule has 8 heteroatoms. The van der Waals surface area contributed by atoms with E-state index in [9.17, 15) is 14.4 Å². The molecule has 2 fully saturated rings. The molecule has 2 aliphatic rings. The molecule has 2 rings (SSSR count). The first-order valence-corrected chi connectivity index (χ1v) is 7.24. The van der Waals surface area contributed by atoms with Crippen LogP contribution in [0.15, 0.2) is 0 Å². The van der Waals surface area contributed by atoms with E-state index in [2.05, 4.69) is 0 Å². The molecule has 8 nitrogen and oxygen atoms in total. The van der Waals surface area contributed by atoms with Gasteiger partial charge in [-0.15, -0.1) is 0 Å². The van der Waals surface area contributed by atoms with Crippen molar-refractivity contribution >= 4 is 17.9 Å². The Labute approximate surface area is 123 Å². The van der Waals surface area contributed by atoms with Crippen molar-refractivity contribution in [3.05, 3.63) is 0 Å². The normalized spacial score (nSPS) is 23.9. The standard InChI is InChI=1S/C13H22N4O4/c14-12(20)10-2-5-17(8-10)13(21)16-4-1-3-15(6-7-16)9-11(18)19/h10H,1-9H2,(H2,14,20)(H,18,19). The number of nitrogens with two attached hydrogens (primary N) is 1. The number of nitrogens with zero attached hydrogens (tertiary/aromatic N) is 3. The van der Waals surface area contributed by atoms with Crippen molar-refractivity contribution in [1.29, 1.82) is 0 Å². The van der Waals surface area contributed by atoms with Crippen LogP contribution in [0, 0.1) is 5.92 Å². The molecule has 2 aliphatic heterocycles. The third-order valence-electron chi connectivity index (χ3n) is 4.08. The van der Waals surface area contributed by atoms with Gasteiger partial charge in [0, 0.05) is 39.3 Å². The number of carboxylic acid groups (broad SMARTS) is 1. The third kappa shape index (κ3) is 4.07. The first-order chi connectivity index (χ1) is 9.97. The summed E-state index contributed by atoms with van der Waals surface area (Å²) in [5, 5.41) is 8.81. The molecule has 118 valence electrons. The number of carbonyl (C=O) groups is 3. The average molecular weight is 298 g/mol. The van der Waals surface area contributed by atoms with Crippen LogP contribution in [0.25, 0.3) is 0 Å². The Hall–Kier alpha value is -1.83. The molecule has 2 heterocycles. The van der Waals surface area contributed by atoms with Crippen molar-refractivity contribution in [2.24, 2.45) is 11.7 Å². The lowest BCUT2D eigenvalue weighted by atomic mass is 10.1. The van der Waals surface area contributed by atoms with Crippen LogP contribution in [0.4, 0.5) is 4.79 Å². The Morgan fingerprint density at radius 2 is 1.81 bits per heavy atom. The van der Waals surface area contributed by atoms with E-state index in [1.165, 1.54) is 0 Å². The molecule has 2 saturated heterocycles. The zero-order chi connectivity index (χ0) is 15.4. The minimum absolute atomic E-state index is 0.00942. The molecule has 0 aromatic heterocycles. The number of hydrogen-bond acceptors (Lipinski definition) is 4. The number of aliphatic carboxylic acids is 1. The van der Waals surface area contributed by atoms with Gasteiger partial charge < -0.3 is 20.6 Å². The van der Waals surface area contributed by atoms with Crippen LogP contribution in [0.3, 0.4) is 0 Å². The van der Waals surface area contributed by atoms with Crippen LogP contribution in [-0.2, 0) is 9.59 Å². The molecule has 3 amide bonds. The summed E-state index contributed by atoms with van der Waals surface area (Å²) in [6.45, 7) is 3.34. The summed E-state index contributed by atoms with van der Waals surface area (Å²) < 4.78 is 0. The molecule has 1 unspecified atom stereocenters. The maximum Gasteiger partial charge on any atom is 0.320 e. The van der Waals surface area contributed by atoms with Crippen molar-refractivity contribution in [3.8, 4) is 0 Å². The molecule has 0 saturated carbocycles. The summed E-state index contributed by atoms with van der Waals surface area (Å²) in [7, 11) is 0. The number of urea groups is 1. The Morgan fingerprint density at radius 1 is 1.05 bits per heavy atom. The first kappa shape index (κ1) is 15.6. The number of primary amides is 1. The van der Waals surface area contributed by atoms with Crippen LogP contribution >= 0.6 is 0 Å². The maximum atomic E-state index is 12.4. The van der Waals surface area contributed by atoms with Gasteiger partial charge in [0.05, 0.1) is 12.5 Å². The number of amides is 3. The highest BCUT2D eigenvalue weighted by molar-refractivity contribution is 5.80. The molecule has 0 aromatic carbocycles. The van der Waals surface area contributed by atoms with Gasteiger partial charge in [-0.2, -0.15) is 0 Å². The van der Waals surface area contributed by atoms with Crippen molar-refractivity contribution in [2.45, 2.75) is 12.8 Å². The second-order valence-corrected chi connectivity index (χ2v) is 5.63. The van der Waals surface area contributed by atoms with Crippen LogP contribution in [0.1, 0.15) is 12.8 Å². The van der Waals surface area contributed by atoms with E-state index in [-0.39, 0.29) is 24.4 Å². The molecule has 0 aromatic rings. The van der Waals surface area contributed by atoms with Crippen LogP contribution in [-0.4, -0.2) is 83.5 Å². The van der Waals surface area contributed by atoms with Crippen molar-refractivity contribution in [1.82, 2.24) is 14.7 Å². The Kier molecular flexibility index (Phi) is 5.00. The molecule has 1 atom stereocenters. The molecule has 0 aliphatic carbocycles. The van der Waals surface area contributed by atoms with Crippen molar-refractivity contribution in [2.75, 3.05) is 45.8 Å². The zero-order valence-corrected chi connectivity index (χ0v) is 12.0. The summed E-state index contributed by atoms with van der Waals surface area (Å²) in [5.41, 5.74) is 5.28. The van der Waals surface area contributed by atoms with E-state index in [0.29, 0.717) is 45.7 Å². The molecule has 21 heavy (non-hydrogen) atoms. The third-order valence-corrected chi connectivity index (χ3v) is 4.08. The molecular weight excluding hydrogens is 276 g/mol. The highest BCUT2D eigenvalue weighted by Crippen LogP contribution is 2.18. The van der Waals surface area contributed by atoms with Crippen LogP contribution in [0.2, 0.25) is 0 Å². The van der Waals surface area contributed by atoms with Gasteiger partial charge in [0.15, 0.2) is 0 Å². The SMILES string of the molecule is NC(=O)C1CCN(C(=O)N2CCCN(CC(=O)O)CC2)C1. The average Bonchev–Trinajstić information content (AvgIpc) is 2.80. The smallest absolute Gasteiger partial charge is 0.320 e. The van der Waals surface area contributed by atoms with Gasteiger partial charge >= 0.3 is 12.0 Å². The van der Waals surface area contributed by atoms with Crippen molar-refractivity contribution in [3.63, 3.8) is 0 Å². The number of hydrogen-bond donors (Lipinski definition) is 2. The number of carboxylic acids is 1. The second-order valence-electron chi connectivity index (χ2n) is 5.63. The monoisotopic (exact) mass is 298 g/mol. The maximum absolute atomic E-state index is 12.4. The van der Waals surface area contributed by atoms with Gasteiger partial charge in [-0.05, 0) is 12.8 Å². The summed E-state index contributed by atoms with van der Waals surface area (Å²) in [4.78, 5) is 39.5. The molecular formula is C13H22N4O4. The minimum Gasteiger partial charge on any atom is -0.480 e. The molecule has 3 N–H and O–H groups in total.